The molecule has 0 aliphatic carbocycles. The minimum absolute atomic E-state index is 0.305. The monoisotopic (exact) mass is 262 g/mol. The number of carboxylic acids is 1. The number of rotatable bonds is 3. The molecule has 1 fully saturated rings. The summed E-state index contributed by atoms with van der Waals surface area (Å²) in [5.74, 6) is -0.572. The van der Waals surface area contributed by atoms with Crippen LogP contribution in [0.2, 0.25) is 0 Å². The average Bonchev–Trinajstić information content (AvgIpc) is 2.83. The van der Waals surface area contributed by atoms with E-state index in [1.54, 1.807) is 29.2 Å². The Morgan fingerprint density at radius 3 is 2.58 bits per heavy atom. The van der Waals surface area contributed by atoms with Gasteiger partial charge in [-0.3, -0.25) is 0 Å². The first-order valence-corrected chi connectivity index (χ1v) is 6.41. The molecule has 1 aliphatic rings. The van der Waals surface area contributed by atoms with E-state index < -0.39 is 12.0 Å². The Morgan fingerprint density at radius 2 is 2.05 bits per heavy atom. The number of carboxylic acid groups (broad SMARTS) is 1. The van der Waals surface area contributed by atoms with Gasteiger partial charge in [0.05, 0.1) is 0 Å². The minimum Gasteiger partial charge on any atom is -0.479 e. The van der Waals surface area contributed by atoms with E-state index in [1.165, 1.54) is 0 Å². The van der Waals surface area contributed by atoms with Crippen LogP contribution in [0.5, 0.6) is 0 Å². The fraction of sp³-hybridized carbons (Fsp3) is 0.429. The van der Waals surface area contributed by atoms with E-state index in [2.05, 4.69) is 12.2 Å². The Kier molecular flexibility index (Phi) is 4.04. The number of amides is 2. The summed E-state index contributed by atoms with van der Waals surface area (Å²) < 4.78 is 0. The van der Waals surface area contributed by atoms with Crippen LogP contribution in [0, 0.1) is 5.92 Å². The zero-order valence-electron chi connectivity index (χ0n) is 10.9. The van der Waals surface area contributed by atoms with Gasteiger partial charge in [0.25, 0.3) is 0 Å². The standard InChI is InChI=1S/C14H18N2O3/c1-10-7-8-16(9-10)14(19)15-12(13(17)18)11-5-3-2-4-6-11/h2-6,10,12H,7-9H2,1H3,(H,15,19)(H,17,18)/t10?,12-/m0/s1. The Bertz CT molecular complexity index is 461. The maximum absolute atomic E-state index is 12.0. The zero-order valence-corrected chi connectivity index (χ0v) is 10.9. The number of carbonyl (C=O) groups is 2. The van der Waals surface area contributed by atoms with Gasteiger partial charge in [-0.25, -0.2) is 9.59 Å². The molecule has 5 heteroatoms. The first kappa shape index (κ1) is 13.4. The lowest BCUT2D eigenvalue weighted by Crippen LogP contribution is -2.42. The molecule has 0 radical (unpaired) electrons. The molecule has 19 heavy (non-hydrogen) atoms. The van der Waals surface area contributed by atoms with Crippen molar-refractivity contribution in [2.24, 2.45) is 5.92 Å². The van der Waals surface area contributed by atoms with Crippen molar-refractivity contribution < 1.29 is 14.7 Å². The van der Waals surface area contributed by atoms with Crippen LogP contribution >= 0.6 is 0 Å². The topological polar surface area (TPSA) is 69.6 Å². The number of likely N-dealkylation sites (tertiary alicyclic amines) is 1. The molecule has 1 aliphatic heterocycles. The van der Waals surface area contributed by atoms with Crippen LogP contribution in [0.1, 0.15) is 24.9 Å². The first-order chi connectivity index (χ1) is 9.08. The third-order valence-corrected chi connectivity index (χ3v) is 3.36. The Morgan fingerprint density at radius 1 is 1.37 bits per heavy atom. The van der Waals surface area contributed by atoms with Crippen molar-refractivity contribution in [1.82, 2.24) is 10.2 Å². The molecule has 0 saturated carbocycles. The van der Waals surface area contributed by atoms with Gasteiger partial charge in [0, 0.05) is 13.1 Å². The molecule has 1 heterocycles. The van der Waals surface area contributed by atoms with Crippen LogP contribution < -0.4 is 5.32 Å². The molecule has 5 nitrogen and oxygen atoms in total. The van der Waals surface area contributed by atoms with E-state index in [0.717, 1.165) is 6.42 Å². The molecule has 0 spiro atoms. The van der Waals surface area contributed by atoms with E-state index in [4.69, 9.17) is 0 Å². The third-order valence-electron chi connectivity index (χ3n) is 3.36. The van der Waals surface area contributed by atoms with E-state index in [-0.39, 0.29) is 6.03 Å². The predicted octanol–water partition coefficient (Wildman–Crippen LogP) is 1.86. The number of hydrogen-bond acceptors (Lipinski definition) is 2. The second-order valence-corrected chi connectivity index (χ2v) is 4.97. The van der Waals surface area contributed by atoms with Gasteiger partial charge in [-0.2, -0.15) is 0 Å². The lowest BCUT2D eigenvalue weighted by atomic mass is 10.1. The highest BCUT2D eigenvalue weighted by Crippen LogP contribution is 2.17. The molecule has 1 saturated heterocycles. The van der Waals surface area contributed by atoms with Gasteiger partial charge < -0.3 is 15.3 Å². The number of aliphatic carboxylic acids is 1. The van der Waals surface area contributed by atoms with Crippen LogP contribution in [0.15, 0.2) is 30.3 Å². The van der Waals surface area contributed by atoms with Crippen LogP contribution in [0.3, 0.4) is 0 Å². The van der Waals surface area contributed by atoms with Crippen LogP contribution in [0.4, 0.5) is 4.79 Å². The quantitative estimate of drug-likeness (QED) is 0.873. The molecular formula is C14H18N2O3. The van der Waals surface area contributed by atoms with Crippen molar-refractivity contribution in [3.8, 4) is 0 Å². The van der Waals surface area contributed by atoms with Crippen molar-refractivity contribution in [3.63, 3.8) is 0 Å². The molecule has 1 aromatic rings. The summed E-state index contributed by atoms with van der Waals surface area (Å²) in [5, 5.41) is 11.8. The molecule has 1 aromatic carbocycles. The van der Waals surface area contributed by atoms with Crippen molar-refractivity contribution >= 4 is 12.0 Å². The number of carbonyl (C=O) groups excluding carboxylic acids is 1. The zero-order chi connectivity index (χ0) is 13.8. The molecule has 2 N–H and O–H groups in total. The maximum atomic E-state index is 12.0. The molecule has 2 amide bonds. The van der Waals surface area contributed by atoms with Crippen LogP contribution in [0.25, 0.3) is 0 Å². The van der Waals surface area contributed by atoms with Gasteiger partial charge in [-0.05, 0) is 17.9 Å². The fourth-order valence-corrected chi connectivity index (χ4v) is 2.27. The third kappa shape index (κ3) is 3.24. The molecule has 102 valence electrons. The van der Waals surface area contributed by atoms with Gasteiger partial charge in [-0.15, -0.1) is 0 Å². The molecule has 2 atom stereocenters. The van der Waals surface area contributed by atoms with Crippen LogP contribution in [-0.2, 0) is 4.79 Å². The maximum Gasteiger partial charge on any atom is 0.330 e. The highest BCUT2D eigenvalue weighted by Gasteiger charge is 2.28. The average molecular weight is 262 g/mol. The highest BCUT2D eigenvalue weighted by atomic mass is 16.4. The van der Waals surface area contributed by atoms with E-state index in [0.29, 0.717) is 24.6 Å². The van der Waals surface area contributed by atoms with E-state index >= 15 is 0 Å². The smallest absolute Gasteiger partial charge is 0.330 e. The molecular weight excluding hydrogens is 244 g/mol. The number of urea groups is 1. The number of benzene rings is 1. The first-order valence-electron chi connectivity index (χ1n) is 6.41. The summed E-state index contributed by atoms with van der Waals surface area (Å²) in [7, 11) is 0. The summed E-state index contributed by atoms with van der Waals surface area (Å²) >= 11 is 0. The van der Waals surface area contributed by atoms with Gasteiger partial charge in [0.1, 0.15) is 0 Å². The lowest BCUT2D eigenvalue weighted by molar-refractivity contribution is -0.139. The van der Waals surface area contributed by atoms with Gasteiger partial charge >= 0.3 is 12.0 Å². The Hall–Kier alpha value is -2.04. The number of hydrogen-bond donors (Lipinski definition) is 2. The van der Waals surface area contributed by atoms with Crippen molar-refractivity contribution in [2.45, 2.75) is 19.4 Å². The second kappa shape index (κ2) is 5.73. The number of nitrogens with one attached hydrogen (secondary N) is 1. The lowest BCUT2D eigenvalue weighted by Gasteiger charge is -2.21. The Balaban J connectivity index is 2.05. The second-order valence-electron chi connectivity index (χ2n) is 4.97. The SMILES string of the molecule is CC1CCN(C(=O)N[C@H](C(=O)O)c2ccccc2)C1. The number of nitrogens with zero attached hydrogens (tertiary/aromatic N) is 1. The fourth-order valence-electron chi connectivity index (χ4n) is 2.27. The highest BCUT2D eigenvalue weighted by molar-refractivity contribution is 5.83. The molecule has 0 aromatic heterocycles. The van der Waals surface area contributed by atoms with Crippen LogP contribution in [-0.4, -0.2) is 35.1 Å². The summed E-state index contributed by atoms with van der Waals surface area (Å²) in [4.78, 5) is 25.0. The molecule has 2 rings (SSSR count). The predicted molar refractivity (Wildman–Crippen MR) is 70.7 cm³/mol. The molecule has 0 bridgehead atoms. The van der Waals surface area contributed by atoms with Crippen molar-refractivity contribution in [2.75, 3.05) is 13.1 Å². The summed E-state index contributed by atoms with van der Waals surface area (Å²) in [5.41, 5.74) is 0.579. The van der Waals surface area contributed by atoms with E-state index in [1.807, 2.05) is 6.07 Å². The van der Waals surface area contributed by atoms with Gasteiger partial charge in [-0.1, -0.05) is 37.3 Å². The normalized spacial score (nSPS) is 20.1. The molecule has 1 unspecified atom stereocenters. The van der Waals surface area contributed by atoms with Gasteiger partial charge in [0.15, 0.2) is 6.04 Å². The summed E-state index contributed by atoms with van der Waals surface area (Å²) in [6, 6.07) is 7.43. The van der Waals surface area contributed by atoms with Gasteiger partial charge in [0.2, 0.25) is 0 Å². The van der Waals surface area contributed by atoms with Crippen molar-refractivity contribution in [1.29, 1.82) is 0 Å². The minimum atomic E-state index is -1.05. The Labute approximate surface area is 112 Å². The summed E-state index contributed by atoms with van der Waals surface area (Å²) in [6.45, 7) is 3.46. The van der Waals surface area contributed by atoms with E-state index in [9.17, 15) is 14.7 Å². The van der Waals surface area contributed by atoms with Crippen molar-refractivity contribution in [3.05, 3.63) is 35.9 Å². The largest absolute Gasteiger partial charge is 0.479 e. The summed E-state index contributed by atoms with van der Waals surface area (Å²) in [6.07, 6.45) is 0.969.